The van der Waals surface area contributed by atoms with E-state index in [1.807, 2.05) is 19.1 Å². The van der Waals surface area contributed by atoms with Crippen LogP contribution in [0.25, 0.3) is 6.08 Å². The van der Waals surface area contributed by atoms with E-state index in [0.29, 0.717) is 20.6 Å². The zero-order valence-electron chi connectivity index (χ0n) is 20.6. The molecule has 0 unspecified atom stereocenters. The van der Waals surface area contributed by atoms with Crippen LogP contribution in [0, 0.1) is 12.7 Å². The van der Waals surface area contributed by atoms with E-state index in [2.05, 4.69) is 22.0 Å². The van der Waals surface area contributed by atoms with Crippen molar-refractivity contribution in [1.29, 1.82) is 0 Å². The van der Waals surface area contributed by atoms with Gasteiger partial charge in [-0.05, 0) is 80.6 Å². The number of benzene rings is 2. The van der Waals surface area contributed by atoms with E-state index < -0.39 is 17.8 Å². The molecule has 36 heavy (non-hydrogen) atoms. The van der Waals surface area contributed by atoms with Gasteiger partial charge in [0.15, 0.2) is 4.80 Å². The summed E-state index contributed by atoms with van der Waals surface area (Å²) in [5.74, 6) is -0.923. The third-order valence-corrected chi connectivity index (χ3v) is 7.70. The second-order valence-corrected chi connectivity index (χ2v) is 10.1. The van der Waals surface area contributed by atoms with Gasteiger partial charge in [0, 0.05) is 18.8 Å². The van der Waals surface area contributed by atoms with Crippen molar-refractivity contribution < 1.29 is 13.9 Å². The topological polar surface area (TPSA) is 63.9 Å². The summed E-state index contributed by atoms with van der Waals surface area (Å²) in [5, 5.41) is 0. The van der Waals surface area contributed by atoms with Crippen molar-refractivity contribution in [3.63, 3.8) is 0 Å². The third kappa shape index (κ3) is 4.41. The number of ether oxygens (including phenoxy) is 1. The number of hydrogen-bond donors (Lipinski definition) is 0. The first-order chi connectivity index (χ1) is 17.4. The van der Waals surface area contributed by atoms with Crippen LogP contribution in [-0.2, 0) is 9.53 Å². The lowest BCUT2D eigenvalue weighted by Gasteiger charge is -2.24. The van der Waals surface area contributed by atoms with Crippen molar-refractivity contribution in [3.8, 4) is 0 Å². The van der Waals surface area contributed by atoms with Gasteiger partial charge >= 0.3 is 5.97 Å². The lowest BCUT2D eigenvalue weighted by molar-refractivity contribution is -0.139. The van der Waals surface area contributed by atoms with Crippen molar-refractivity contribution in [2.75, 3.05) is 24.6 Å². The number of hydrogen-bond acceptors (Lipinski definition) is 6. The summed E-state index contributed by atoms with van der Waals surface area (Å²) in [6, 6.07) is 11.4. The molecule has 1 saturated heterocycles. The summed E-state index contributed by atoms with van der Waals surface area (Å²) in [6.07, 6.45) is 4.31. The standard InChI is InChI=1S/C28H28FN3O3S/c1-4-35-27(34)24-18(3)30-28-32(25(24)19-7-10-21(29)11-8-19)26(33)23(36-28)16-20-9-12-22(15-17(20)2)31-13-5-6-14-31/h7-12,15-16,25H,4-6,13-14H2,1-3H3/b23-16+/t25-/m1/s1. The number of thiazole rings is 1. The number of carbonyl (C=O) groups excluding carboxylic acids is 1. The predicted octanol–water partition coefficient (Wildman–Crippen LogP) is 3.85. The number of anilines is 1. The number of aryl methyl sites for hydroxylation is 1. The maximum atomic E-state index is 13.7. The lowest BCUT2D eigenvalue weighted by atomic mass is 9.96. The number of allylic oxidation sites excluding steroid dienone is 1. The molecule has 0 saturated carbocycles. The fourth-order valence-corrected chi connectivity index (χ4v) is 5.92. The lowest BCUT2D eigenvalue weighted by Crippen LogP contribution is -2.39. The van der Waals surface area contributed by atoms with E-state index in [-0.39, 0.29) is 17.7 Å². The summed E-state index contributed by atoms with van der Waals surface area (Å²) in [6.45, 7) is 7.86. The number of esters is 1. The van der Waals surface area contributed by atoms with Gasteiger partial charge in [-0.25, -0.2) is 14.2 Å². The fourth-order valence-electron chi connectivity index (χ4n) is 4.89. The molecular formula is C28H28FN3O3S. The molecule has 1 atom stereocenters. The molecule has 5 rings (SSSR count). The number of aromatic nitrogens is 1. The van der Waals surface area contributed by atoms with Crippen LogP contribution in [0.1, 0.15) is 49.4 Å². The van der Waals surface area contributed by atoms with E-state index in [1.54, 1.807) is 26.0 Å². The Bertz CT molecular complexity index is 1530. The van der Waals surface area contributed by atoms with E-state index >= 15 is 0 Å². The number of halogens is 1. The molecule has 8 heteroatoms. The Kier molecular flexibility index (Phi) is 6.62. The Labute approximate surface area is 212 Å². The van der Waals surface area contributed by atoms with Gasteiger partial charge in [-0.2, -0.15) is 0 Å². The van der Waals surface area contributed by atoms with Gasteiger partial charge in [-0.1, -0.05) is 29.5 Å². The summed E-state index contributed by atoms with van der Waals surface area (Å²) < 4.78 is 21.0. The number of carbonyl (C=O) groups is 1. The molecule has 0 aliphatic carbocycles. The molecule has 2 aliphatic rings. The number of fused-ring (bicyclic) bond motifs is 1. The second-order valence-electron chi connectivity index (χ2n) is 9.09. The van der Waals surface area contributed by atoms with Crippen LogP contribution in [-0.4, -0.2) is 30.2 Å². The highest BCUT2D eigenvalue weighted by Gasteiger charge is 2.33. The molecule has 1 aromatic heterocycles. The van der Waals surface area contributed by atoms with Crippen LogP contribution >= 0.6 is 11.3 Å². The van der Waals surface area contributed by atoms with Gasteiger partial charge in [0.1, 0.15) is 5.82 Å². The highest BCUT2D eigenvalue weighted by atomic mass is 32.1. The van der Waals surface area contributed by atoms with Crippen LogP contribution < -0.4 is 19.8 Å². The summed E-state index contributed by atoms with van der Waals surface area (Å²) in [7, 11) is 0. The molecule has 0 N–H and O–H groups in total. The van der Waals surface area contributed by atoms with Gasteiger partial charge in [0.2, 0.25) is 0 Å². The van der Waals surface area contributed by atoms with Crippen molar-refractivity contribution in [2.24, 2.45) is 4.99 Å². The van der Waals surface area contributed by atoms with Crippen LogP contribution in [0.4, 0.5) is 10.1 Å². The molecule has 3 heterocycles. The Balaban J connectivity index is 1.63. The summed E-state index contributed by atoms with van der Waals surface area (Å²) in [4.78, 5) is 34.1. The smallest absolute Gasteiger partial charge is 0.338 e. The Morgan fingerprint density at radius 2 is 1.89 bits per heavy atom. The molecule has 186 valence electrons. The van der Waals surface area contributed by atoms with Crippen molar-refractivity contribution >= 4 is 29.1 Å². The normalized spacial score (nSPS) is 17.8. The van der Waals surface area contributed by atoms with Gasteiger partial charge in [0.25, 0.3) is 5.56 Å². The minimum absolute atomic E-state index is 0.197. The zero-order chi connectivity index (χ0) is 25.4. The third-order valence-electron chi connectivity index (χ3n) is 6.71. The molecule has 2 aliphatic heterocycles. The molecule has 6 nitrogen and oxygen atoms in total. The average Bonchev–Trinajstić information content (AvgIpc) is 3.49. The molecule has 3 aromatic rings. The largest absolute Gasteiger partial charge is 0.463 e. The summed E-state index contributed by atoms with van der Waals surface area (Å²) >= 11 is 1.28. The first-order valence-electron chi connectivity index (χ1n) is 12.2. The van der Waals surface area contributed by atoms with E-state index in [9.17, 15) is 14.0 Å². The van der Waals surface area contributed by atoms with Crippen LogP contribution in [0.5, 0.6) is 0 Å². The van der Waals surface area contributed by atoms with Gasteiger partial charge in [-0.3, -0.25) is 9.36 Å². The zero-order valence-corrected chi connectivity index (χ0v) is 21.4. The van der Waals surface area contributed by atoms with Crippen molar-refractivity contribution in [2.45, 2.75) is 39.7 Å². The maximum absolute atomic E-state index is 13.7. The minimum Gasteiger partial charge on any atom is -0.463 e. The predicted molar refractivity (Wildman–Crippen MR) is 139 cm³/mol. The Morgan fingerprint density at radius 3 is 2.56 bits per heavy atom. The summed E-state index contributed by atoms with van der Waals surface area (Å²) in [5.41, 5.74) is 4.40. The molecule has 0 radical (unpaired) electrons. The van der Waals surface area contributed by atoms with Crippen LogP contribution in [0.15, 0.2) is 63.5 Å². The highest BCUT2D eigenvalue weighted by molar-refractivity contribution is 7.07. The molecular weight excluding hydrogens is 477 g/mol. The maximum Gasteiger partial charge on any atom is 0.338 e. The molecule has 0 bridgehead atoms. The highest BCUT2D eigenvalue weighted by Crippen LogP contribution is 2.31. The van der Waals surface area contributed by atoms with Crippen molar-refractivity contribution in [3.05, 3.63) is 95.9 Å². The van der Waals surface area contributed by atoms with Gasteiger partial charge in [-0.15, -0.1) is 0 Å². The van der Waals surface area contributed by atoms with E-state index in [1.165, 1.54) is 46.6 Å². The first-order valence-corrected chi connectivity index (χ1v) is 13.0. The average molecular weight is 506 g/mol. The van der Waals surface area contributed by atoms with E-state index in [0.717, 1.165) is 24.2 Å². The first kappa shape index (κ1) is 24.2. The number of nitrogens with zero attached hydrogens (tertiary/aromatic N) is 3. The fraction of sp³-hybridized carbons (Fsp3) is 0.321. The monoisotopic (exact) mass is 505 g/mol. The van der Waals surface area contributed by atoms with Gasteiger partial charge in [0.05, 0.1) is 28.5 Å². The molecule has 0 amide bonds. The second kappa shape index (κ2) is 9.85. The molecule has 1 fully saturated rings. The van der Waals surface area contributed by atoms with Gasteiger partial charge < -0.3 is 9.64 Å². The molecule has 2 aromatic carbocycles. The minimum atomic E-state index is -0.748. The van der Waals surface area contributed by atoms with E-state index in [4.69, 9.17) is 4.74 Å². The quantitative estimate of drug-likeness (QED) is 0.495. The van der Waals surface area contributed by atoms with Crippen molar-refractivity contribution in [1.82, 2.24) is 4.57 Å². The SMILES string of the molecule is CCOC(=O)C1=C(C)N=c2s/c(=C/c3ccc(N4CCCC4)cc3C)c(=O)n2[C@@H]1c1ccc(F)cc1. The molecule has 0 spiro atoms. The Morgan fingerprint density at radius 1 is 1.17 bits per heavy atom. The number of rotatable bonds is 5. The van der Waals surface area contributed by atoms with Crippen LogP contribution in [0.3, 0.4) is 0 Å². The Hall–Kier alpha value is -3.52. The van der Waals surface area contributed by atoms with Crippen LogP contribution in [0.2, 0.25) is 0 Å².